The molecular weight excluding hydrogens is 196 g/mol. The summed E-state index contributed by atoms with van der Waals surface area (Å²) >= 11 is 0. The smallest absolute Gasteiger partial charge is 0.0108 e. The first-order valence-corrected chi connectivity index (χ1v) is 7.23. The second kappa shape index (κ2) is 4.30. The van der Waals surface area contributed by atoms with Crippen LogP contribution in [0.4, 0.5) is 0 Å². The van der Waals surface area contributed by atoms with E-state index in [1.54, 1.807) is 0 Å². The van der Waals surface area contributed by atoms with Gasteiger partial charge in [0.2, 0.25) is 0 Å². The molecule has 1 N–H and O–H groups in total. The third-order valence-electron chi connectivity index (χ3n) is 5.10. The van der Waals surface area contributed by atoms with E-state index in [4.69, 9.17) is 0 Å². The van der Waals surface area contributed by atoms with Gasteiger partial charge in [0.25, 0.3) is 0 Å². The number of piperidine rings is 1. The zero-order valence-electron chi connectivity index (χ0n) is 10.8. The van der Waals surface area contributed by atoms with Crippen LogP contribution in [0.5, 0.6) is 0 Å². The van der Waals surface area contributed by atoms with E-state index in [-0.39, 0.29) is 0 Å². The summed E-state index contributed by atoms with van der Waals surface area (Å²) in [7, 11) is 0. The summed E-state index contributed by atoms with van der Waals surface area (Å²) in [6, 6.07) is 2.58. The zero-order chi connectivity index (χ0) is 11.1. The number of likely N-dealkylation sites (tertiary alicyclic amines) is 1. The van der Waals surface area contributed by atoms with Gasteiger partial charge in [-0.3, -0.25) is 4.90 Å². The third-order valence-corrected chi connectivity index (χ3v) is 5.10. The summed E-state index contributed by atoms with van der Waals surface area (Å²) in [5, 5.41) is 3.68. The Morgan fingerprint density at radius 1 is 1.19 bits per heavy atom. The third kappa shape index (κ3) is 2.14. The fourth-order valence-electron chi connectivity index (χ4n) is 3.60. The average molecular weight is 222 g/mol. The lowest BCUT2D eigenvalue weighted by molar-refractivity contribution is 0.120. The Balaban J connectivity index is 1.49. The summed E-state index contributed by atoms with van der Waals surface area (Å²) in [6.07, 6.45) is 7.29. The van der Waals surface area contributed by atoms with Crippen molar-refractivity contribution in [2.45, 2.75) is 64.1 Å². The van der Waals surface area contributed by atoms with Gasteiger partial charge in [-0.2, -0.15) is 0 Å². The molecule has 4 atom stereocenters. The van der Waals surface area contributed by atoms with Crippen molar-refractivity contribution >= 4 is 0 Å². The standard InChI is InChI=1S/C14H26N2/c1-10(8-15-13-4-5-13)11(2)16-9-12-3-6-14(16)7-12/h10-15H,3-9H2,1-2H3. The van der Waals surface area contributed by atoms with Gasteiger partial charge in [0.15, 0.2) is 0 Å². The fourth-order valence-corrected chi connectivity index (χ4v) is 3.60. The second-order valence-electron chi connectivity index (χ2n) is 6.43. The van der Waals surface area contributed by atoms with Crippen molar-refractivity contribution in [1.82, 2.24) is 10.2 Å². The van der Waals surface area contributed by atoms with Gasteiger partial charge in [-0.05, 0) is 57.4 Å². The van der Waals surface area contributed by atoms with Gasteiger partial charge in [0.1, 0.15) is 0 Å². The van der Waals surface area contributed by atoms with Crippen molar-refractivity contribution < 1.29 is 0 Å². The maximum absolute atomic E-state index is 3.68. The summed E-state index contributed by atoms with van der Waals surface area (Å²) < 4.78 is 0. The van der Waals surface area contributed by atoms with Crippen molar-refractivity contribution in [3.05, 3.63) is 0 Å². The van der Waals surface area contributed by atoms with Crippen LogP contribution in [0.15, 0.2) is 0 Å². The van der Waals surface area contributed by atoms with Gasteiger partial charge in [-0.1, -0.05) is 6.92 Å². The minimum atomic E-state index is 0.779. The van der Waals surface area contributed by atoms with E-state index in [9.17, 15) is 0 Å². The Labute approximate surface area is 99.8 Å². The largest absolute Gasteiger partial charge is 0.314 e. The van der Waals surface area contributed by atoms with Crippen molar-refractivity contribution in [3.8, 4) is 0 Å². The summed E-state index contributed by atoms with van der Waals surface area (Å²) in [6.45, 7) is 7.48. The predicted molar refractivity (Wildman–Crippen MR) is 67.5 cm³/mol. The van der Waals surface area contributed by atoms with Gasteiger partial charge >= 0.3 is 0 Å². The van der Waals surface area contributed by atoms with E-state index >= 15 is 0 Å². The zero-order valence-corrected chi connectivity index (χ0v) is 10.8. The Morgan fingerprint density at radius 3 is 2.56 bits per heavy atom. The van der Waals surface area contributed by atoms with Gasteiger partial charge in [0.05, 0.1) is 0 Å². The normalized spacial score (nSPS) is 37.9. The molecule has 0 amide bonds. The molecule has 3 aliphatic rings. The molecule has 16 heavy (non-hydrogen) atoms. The maximum Gasteiger partial charge on any atom is 0.0108 e. The second-order valence-corrected chi connectivity index (χ2v) is 6.43. The van der Waals surface area contributed by atoms with E-state index in [2.05, 4.69) is 24.1 Å². The monoisotopic (exact) mass is 222 g/mol. The maximum atomic E-state index is 3.68. The fraction of sp³-hybridized carbons (Fsp3) is 1.00. The number of hydrogen-bond donors (Lipinski definition) is 1. The SMILES string of the molecule is CC(CNC1CC1)C(C)N1CC2CCC1C2. The highest BCUT2D eigenvalue weighted by Crippen LogP contribution is 2.39. The number of nitrogens with one attached hydrogen (secondary N) is 1. The van der Waals surface area contributed by atoms with Crippen LogP contribution >= 0.6 is 0 Å². The Morgan fingerprint density at radius 2 is 2.00 bits per heavy atom. The molecule has 0 aromatic rings. The summed E-state index contributed by atoms with van der Waals surface area (Å²) in [5.41, 5.74) is 0. The molecule has 2 aliphatic carbocycles. The highest BCUT2D eigenvalue weighted by molar-refractivity contribution is 4.95. The van der Waals surface area contributed by atoms with E-state index < -0.39 is 0 Å². The van der Waals surface area contributed by atoms with Crippen LogP contribution < -0.4 is 5.32 Å². The Bertz CT molecular complexity index is 249. The summed E-state index contributed by atoms with van der Waals surface area (Å²) in [4.78, 5) is 2.80. The van der Waals surface area contributed by atoms with Crippen molar-refractivity contribution in [1.29, 1.82) is 0 Å². The van der Waals surface area contributed by atoms with Crippen LogP contribution in [0.25, 0.3) is 0 Å². The van der Waals surface area contributed by atoms with Crippen LogP contribution in [0, 0.1) is 11.8 Å². The lowest BCUT2D eigenvalue weighted by atomic mass is 9.99. The van der Waals surface area contributed by atoms with Crippen LogP contribution in [0.2, 0.25) is 0 Å². The number of hydrogen-bond acceptors (Lipinski definition) is 2. The molecule has 0 radical (unpaired) electrons. The van der Waals surface area contributed by atoms with E-state index in [0.717, 1.165) is 30.0 Å². The molecule has 0 spiro atoms. The molecule has 0 aromatic heterocycles. The van der Waals surface area contributed by atoms with Crippen LogP contribution in [-0.2, 0) is 0 Å². The van der Waals surface area contributed by atoms with E-state index in [1.807, 2.05) is 0 Å². The Kier molecular flexibility index (Phi) is 2.97. The lowest BCUT2D eigenvalue weighted by Gasteiger charge is -2.36. The first-order valence-electron chi connectivity index (χ1n) is 7.23. The van der Waals surface area contributed by atoms with Gasteiger partial charge in [-0.25, -0.2) is 0 Å². The molecule has 3 rings (SSSR count). The predicted octanol–water partition coefficient (Wildman–Crippen LogP) is 2.25. The molecule has 2 bridgehead atoms. The molecule has 4 unspecified atom stereocenters. The molecule has 3 fully saturated rings. The lowest BCUT2D eigenvalue weighted by Crippen LogP contribution is -2.45. The molecule has 2 saturated carbocycles. The first kappa shape index (κ1) is 11.0. The van der Waals surface area contributed by atoms with Gasteiger partial charge < -0.3 is 5.32 Å². The molecule has 92 valence electrons. The van der Waals surface area contributed by atoms with Gasteiger partial charge in [-0.15, -0.1) is 0 Å². The molecule has 0 aromatic carbocycles. The van der Waals surface area contributed by atoms with Crippen molar-refractivity contribution in [3.63, 3.8) is 0 Å². The number of fused-ring (bicyclic) bond motifs is 2. The highest BCUT2D eigenvalue weighted by atomic mass is 15.2. The minimum absolute atomic E-state index is 0.779. The molecule has 1 heterocycles. The molecule has 1 saturated heterocycles. The average Bonchev–Trinajstić information content (AvgIpc) is 2.89. The minimum Gasteiger partial charge on any atom is -0.314 e. The molecular formula is C14H26N2. The van der Waals surface area contributed by atoms with Gasteiger partial charge in [0, 0.05) is 24.7 Å². The van der Waals surface area contributed by atoms with Crippen LogP contribution in [0.1, 0.15) is 46.0 Å². The van der Waals surface area contributed by atoms with E-state index in [0.29, 0.717) is 0 Å². The molecule has 2 heteroatoms. The summed E-state index contributed by atoms with van der Waals surface area (Å²) in [5.74, 6) is 1.84. The Hall–Kier alpha value is -0.0800. The molecule has 2 nitrogen and oxygen atoms in total. The van der Waals surface area contributed by atoms with Crippen molar-refractivity contribution in [2.24, 2.45) is 11.8 Å². The highest BCUT2D eigenvalue weighted by Gasteiger charge is 2.40. The molecule has 1 aliphatic heterocycles. The van der Waals surface area contributed by atoms with Crippen LogP contribution in [0.3, 0.4) is 0 Å². The first-order chi connectivity index (χ1) is 7.74. The number of rotatable bonds is 5. The van der Waals surface area contributed by atoms with Crippen molar-refractivity contribution in [2.75, 3.05) is 13.1 Å². The van der Waals surface area contributed by atoms with Crippen LogP contribution in [-0.4, -0.2) is 36.1 Å². The van der Waals surface area contributed by atoms with E-state index in [1.165, 1.54) is 45.2 Å². The quantitative estimate of drug-likeness (QED) is 0.767. The topological polar surface area (TPSA) is 15.3 Å². The number of nitrogens with zero attached hydrogens (tertiary/aromatic N) is 1.